The van der Waals surface area contributed by atoms with Crippen molar-refractivity contribution in [3.63, 3.8) is 0 Å². The van der Waals surface area contributed by atoms with Gasteiger partial charge in [-0.25, -0.2) is 0 Å². The highest BCUT2D eigenvalue weighted by atomic mass is 35.5. The van der Waals surface area contributed by atoms with Crippen LogP contribution in [0, 0.1) is 5.92 Å². The molecule has 0 aromatic heterocycles. The molecule has 1 aliphatic rings. The molecule has 0 aliphatic carbocycles. The van der Waals surface area contributed by atoms with E-state index in [1.807, 2.05) is 6.07 Å². The molecule has 21 heavy (non-hydrogen) atoms. The van der Waals surface area contributed by atoms with Gasteiger partial charge in [-0.2, -0.15) is 0 Å². The van der Waals surface area contributed by atoms with Crippen LogP contribution < -0.4 is 10.6 Å². The SMILES string of the molecule is CC(C)CN1CCN(c2cc(Cl)ccc2CC(C)N)CC1. The lowest BCUT2D eigenvalue weighted by Crippen LogP contribution is -2.47. The number of piperazine rings is 1. The molecule has 1 aromatic carbocycles. The number of nitrogens with two attached hydrogens (primary N) is 1. The summed E-state index contributed by atoms with van der Waals surface area (Å²) in [6, 6.07) is 6.36. The molecule has 0 radical (unpaired) electrons. The number of hydrogen-bond donors (Lipinski definition) is 1. The maximum Gasteiger partial charge on any atom is 0.0426 e. The van der Waals surface area contributed by atoms with Gasteiger partial charge in [0, 0.05) is 49.5 Å². The lowest BCUT2D eigenvalue weighted by atomic mass is 10.0. The summed E-state index contributed by atoms with van der Waals surface area (Å²) in [4.78, 5) is 5.01. The second-order valence-electron chi connectivity index (χ2n) is 6.64. The first-order valence-corrected chi connectivity index (χ1v) is 8.35. The van der Waals surface area contributed by atoms with Gasteiger partial charge in [0.2, 0.25) is 0 Å². The van der Waals surface area contributed by atoms with Crippen molar-refractivity contribution in [1.82, 2.24) is 4.90 Å². The van der Waals surface area contributed by atoms with Crippen LogP contribution in [0.3, 0.4) is 0 Å². The Morgan fingerprint density at radius 3 is 2.38 bits per heavy atom. The van der Waals surface area contributed by atoms with Crippen LogP contribution in [0.25, 0.3) is 0 Å². The predicted octanol–water partition coefficient (Wildman–Crippen LogP) is 3.01. The van der Waals surface area contributed by atoms with E-state index in [9.17, 15) is 0 Å². The number of anilines is 1. The quantitative estimate of drug-likeness (QED) is 0.907. The average molecular weight is 310 g/mol. The summed E-state index contributed by atoms with van der Waals surface area (Å²) in [7, 11) is 0. The van der Waals surface area contributed by atoms with E-state index in [0.29, 0.717) is 0 Å². The molecule has 0 saturated carbocycles. The maximum atomic E-state index is 6.20. The van der Waals surface area contributed by atoms with Gasteiger partial charge in [0.1, 0.15) is 0 Å². The number of nitrogens with zero attached hydrogens (tertiary/aromatic N) is 2. The summed E-state index contributed by atoms with van der Waals surface area (Å²) < 4.78 is 0. The Kier molecular flexibility index (Phi) is 5.91. The Morgan fingerprint density at radius 1 is 1.14 bits per heavy atom. The van der Waals surface area contributed by atoms with E-state index in [1.54, 1.807) is 0 Å². The molecule has 0 bridgehead atoms. The molecule has 1 saturated heterocycles. The summed E-state index contributed by atoms with van der Waals surface area (Å²) in [5.41, 5.74) is 8.56. The third kappa shape index (κ3) is 4.87. The molecule has 1 unspecified atom stereocenters. The normalized spacial score (nSPS) is 18.3. The van der Waals surface area contributed by atoms with Crippen LogP contribution in [0.5, 0.6) is 0 Å². The monoisotopic (exact) mass is 309 g/mol. The van der Waals surface area contributed by atoms with Gasteiger partial charge in [-0.3, -0.25) is 4.90 Å². The second-order valence-corrected chi connectivity index (χ2v) is 7.07. The van der Waals surface area contributed by atoms with Gasteiger partial charge in [0.15, 0.2) is 0 Å². The van der Waals surface area contributed by atoms with Crippen molar-refractivity contribution in [1.29, 1.82) is 0 Å². The topological polar surface area (TPSA) is 32.5 Å². The summed E-state index contributed by atoms with van der Waals surface area (Å²) in [6.45, 7) is 12.2. The molecular formula is C17H28ClN3. The van der Waals surface area contributed by atoms with Crippen LogP contribution in [0.15, 0.2) is 18.2 Å². The first-order valence-electron chi connectivity index (χ1n) is 7.97. The maximum absolute atomic E-state index is 6.20. The van der Waals surface area contributed by atoms with Gasteiger partial charge in [-0.1, -0.05) is 31.5 Å². The molecule has 0 amide bonds. The molecule has 118 valence electrons. The number of rotatable bonds is 5. The number of benzene rings is 1. The van der Waals surface area contributed by atoms with Crippen molar-refractivity contribution in [2.24, 2.45) is 11.7 Å². The van der Waals surface area contributed by atoms with Crippen LogP contribution in [0.1, 0.15) is 26.3 Å². The Bertz CT molecular complexity index is 451. The first-order chi connectivity index (χ1) is 9.95. The fourth-order valence-electron chi connectivity index (χ4n) is 3.04. The molecule has 1 aromatic rings. The predicted molar refractivity (Wildman–Crippen MR) is 92.3 cm³/mol. The highest BCUT2D eigenvalue weighted by molar-refractivity contribution is 6.30. The van der Waals surface area contributed by atoms with Gasteiger partial charge < -0.3 is 10.6 Å². The largest absolute Gasteiger partial charge is 0.369 e. The zero-order valence-corrected chi connectivity index (χ0v) is 14.2. The second kappa shape index (κ2) is 7.48. The molecular weight excluding hydrogens is 282 g/mol. The minimum absolute atomic E-state index is 0.173. The standard InChI is InChI=1S/C17H28ClN3/c1-13(2)12-20-6-8-21(9-7-20)17-11-16(18)5-4-15(17)10-14(3)19/h4-5,11,13-14H,6-10,12,19H2,1-3H3. The van der Waals surface area contributed by atoms with Gasteiger partial charge in [-0.05, 0) is 37.0 Å². The Balaban J connectivity index is 2.06. The van der Waals surface area contributed by atoms with E-state index in [1.165, 1.54) is 17.8 Å². The van der Waals surface area contributed by atoms with Crippen LogP contribution in [-0.4, -0.2) is 43.7 Å². The molecule has 1 fully saturated rings. The van der Waals surface area contributed by atoms with E-state index in [0.717, 1.165) is 43.5 Å². The zero-order valence-electron chi connectivity index (χ0n) is 13.5. The first kappa shape index (κ1) is 16.6. The molecule has 1 atom stereocenters. The molecule has 1 aliphatic heterocycles. The summed E-state index contributed by atoms with van der Waals surface area (Å²) in [5, 5.41) is 0.808. The van der Waals surface area contributed by atoms with Gasteiger partial charge in [0.05, 0.1) is 0 Å². The van der Waals surface area contributed by atoms with Crippen molar-refractivity contribution < 1.29 is 0 Å². The fourth-order valence-corrected chi connectivity index (χ4v) is 3.20. The molecule has 0 spiro atoms. The molecule has 3 nitrogen and oxygen atoms in total. The van der Waals surface area contributed by atoms with Crippen LogP contribution >= 0.6 is 11.6 Å². The summed E-state index contributed by atoms with van der Waals surface area (Å²) >= 11 is 6.20. The zero-order chi connectivity index (χ0) is 15.4. The fraction of sp³-hybridized carbons (Fsp3) is 0.647. The van der Waals surface area contributed by atoms with Crippen LogP contribution in [0.2, 0.25) is 5.02 Å². The highest BCUT2D eigenvalue weighted by Gasteiger charge is 2.20. The minimum atomic E-state index is 0.173. The molecule has 1 heterocycles. The smallest absolute Gasteiger partial charge is 0.0426 e. The number of hydrogen-bond acceptors (Lipinski definition) is 3. The lowest BCUT2D eigenvalue weighted by molar-refractivity contribution is 0.231. The Hall–Kier alpha value is -0.770. The number of halogens is 1. The lowest BCUT2D eigenvalue weighted by Gasteiger charge is -2.38. The van der Waals surface area contributed by atoms with Crippen molar-refractivity contribution in [3.05, 3.63) is 28.8 Å². The summed E-state index contributed by atoms with van der Waals surface area (Å²) in [5.74, 6) is 0.733. The van der Waals surface area contributed by atoms with E-state index in [4.69, 9.17) is 17.3 Å². The third-order valence-corrected chi connectivity index (χ3v) is 4.16. The van der Waals surface area contributed by atoms with Gasteiger partial charge in [-0.15, -0.1) is 0 Å². The highest BCUT2D eigenvalue weighted by Crippen LogP contribution is 2.27. The minimum Gasteiger partial charge on any atom is -0.369 e. The Morgan fingerprint density at radius 2 is 1.81 bits per heavy atom. The van der Waals surface area contributed by atoms with E-state index >= 15 is 0 Å². The van der Waals surface area contributed by atoms with Crippen molar-refractivity contribution in [2.75, 3.05) is 37.6 Å². The van der Waals surface area contributed by atoms with Crippen molar-refractivity contribution in [2.45, 2.75) is 33.2 Å². The molecule has 4 heteroatoms. The van der Waals surface area contributed by atoms with E-state index < -0.39 is 0 Å². The van der Waals surface area contributed by atoms with Crippen LogP contribution in [-0.2, 0) is 6.42 Å². The van der Waals surface area contributed by atoms with E-state index in [2.05, 4.69) is 42.7 Å². The van der Waals surface area contributed by atoms with Crippen molar-refractivity contribution >= 4 is 17.3 Å². The van der Waals surface area contributed by atoms with Gasteiger partial charge >= 0.3 is 0 Å². The third-order valence-electron chi connectivity index (χ3n) is 3.93. The van der Waals surface area contributed by atoms with E-state index in [-0.39, 0.29) is 6.04 Å². The van der Waals surface area contributed by atoms with Crippen molar-refractivity contribution in [3.8, 4) is 0 Å². The Labute approximate surface area is 134 Å². The molecule has 2 rings (SSSR count). The summed E-state index contributed by atoms with van der Waals surface area (Å²) in [6.07, 6.45) is 0.901. The van der Waals surface area contributed by atoms with Gasteiger partial charge in [0.25, 0.3) is 0 Å². The van der Waals surface area contributed by atoms with Crippen LogP contribution in [0.4, 0.5) is 5.69 Å². The average Bonchev–Trinajstić information content (AvgIpc) is 2.40. The molecule has 2 N–H and O–H groups in total.